The lowest BCUT2D eigenvalue weighted by Crippen LogP contribution is -2.45. The SMILES string of the molecule is CC(C)(C)OCC12CCCN1C(=O)CC2. The maximum Gasteiger partial charge on any atom is 0.223 e. The lowest BCUT2D eigenvalue weighted by molar-refractivity contribution is -0.132. The van der Waals surface area contributed by atoms with E-state index in [1.165, 1.54) is 0 Å². The van der Waals surface area contributed by atoms with E-state index in [1.54, 1.807) is 0 Å². The third kappa shape index (κ3) is 2.03. The van der Waals surface area contributed by atoms with Crippen molar-refractivity contribution in [2.75, 3.05) is 13.2 Å². The van der Waals surface area contributed by atoms with E-state index in [0.717, 1.165) is 25.8 Å². The van der Waals surface area contributed by atoms with Gasteiger partial charge in [0, 0.05) is 13.0 Å². The Balaban J connectivity index is 2.03. The van der Waals surface area contributed by atoms with Crippen LogP contribution in [0.25, 0.3) is 0 Å². The quantitative estimate of drug-likeness (QED) is 0.698. The van der Waals surface area contributed by atoms with E-state index in [2.05, 4.69) is 25.7 Å². The third-order valence-electron chi connectivity index (χ3n) is 3.48. The van der Waals surface area contributed by atoms with Crippen LogP contribution in [-0.2, 0) is 9.53 Å². The Labute approximate surface area is 91.8 Å². The van der Waals surface area contributed by atoms with E-state index in [4.69, 9.17) is 4.74 Å². The summed E-state index contributed by atoms with van der Waals surface area (Å²) in [6.45, 7) is 7.85. The van der Waals surface area contributed by atoms with Gasteiger partial charge in [-0.1, -0.05) is 0 Å². The van der Waals surface area contributed by atoms with Gasteiger partial charge in [0.25, 0.3) is 0 Å². The first-order valence-electron chi connectivity index (χ1n) is 5.87. The molecule has 0 saturated carbocycles. The molecule has 0 radical (unpaired) electrons. The van der Waals surface area contributed by atoms with Crippen molar-refractivity contribution in [2.45, 2.75) is 57.6 Å². The molecular formula is C12H21NO2. The van der Waals surface area contributed by atoms with E-state index < -0.39 is 0 Å². The van der Waals surface area contributed by atoms with Gasteiger partial charge in [-0.2, -0.15) is 0 Å². The van der Waals surface area contributed by atoms with Crippen LogP contribution in [0.5, 0.6) is 0 Å². The summed E-state index contributed by atoms with van der Waals surface area (Å²) in [6.07, 6.45) is 3.96. The minimum atomic E-state index is -0.103. The molecule has 2 heterocycles. The zero-order chi connectivity index (χ0) is 11.1. The van der Waals surface area contributed by atoms with Gasteiger partial charge >= 0.3 is 0 Å². The number of carbonyl (C=O) groups is 1. The molecule has 0 spiro atoms. The molecule has 0 aliphatic carbocycles. The molecule has 2 fully saturated rings. The fourth-order valence-electron chi connectivity index (χ4n) is 2.64. The number of hydrogen-bond donors (Lipinski definition) is 0. The van der Waals surface area contributed by atoms with Gasteiger partial charge in [-0.25, -0.2) is 0 Å². The molecule has 0 aromatic carbocycles. The first-order valence-corrected chi connectivity index (χ1v) is 5.87. The molecule has 1 atom stereocenters. The van der Waals surface area contributed by atoms with Crippen molar-refractivity contribution in [3.05, 3.63) is 0 Å². The summed E-state index contributed by atoms with van der Waals surface area (Å²) in [7, 11) is 0. The Bertz CT molecular complexity index is 269. The zero-order valence-corrected chi connectivity index (χ0v) is 10.0. The highest BCUT2D eigenvalue weighted by Crippen LogP contribution is 2.40. The number of hydrogen-bond acceptors (Lipinski definition) is 2. The van der Waals surface area contributed by atoms with Crippen molar-refractivity contribution >= 4 is 5.91 Å². The van der Waals surface area contributed by atoms with Crippen molar-refractivity contribution in [1.29, 1.82) is 0 Å². The van der Waals surface area contributed by atoms with Gasteiger partial charge in [0.1, 0.15) is 0 Å². The van der Waals surface area contributed by atoms with Gasteiger partial charge in [-0.3, -0.25) is 4.79 Å². The molecule has 0 N–H and O–H groups in total. The van der Waals surface area contributed by atoms with Crippen LogP contribution in [-0.4, -0.2) is 35.1 Å². The summed E-state index contributed by atoms with van der Waals surface area (Å²) in [6, 6.07) is 0. The van der Waals surface area contributed by atoms with Crippen LogP contribution in [0, 0.1) is 0 Å². The molecule has 86 valence electrons. The Kier molecular flexibility index (Phi) is 2.53. The van der Waals surface area contributed by atoms with Crippen molar-refractivity contribution in [3.63, 3.8) is 0 Å². The second-order valence-corrected chi connectivity index (χ2v) is 5.77. The van der Waals surface area contributed by atoms with E-state index in [9.17, 15) is 4.79 Å². The van der Waals surface area contributed by atoms with E-state index in [-0.39, 0.29) is 11.1 Å². The van der Waals surface area contributed by atoms with Crippen molar-refractivity contribution in [1.82, 2.24) is 4.90 Å². The van der Waals surface area contributed by atoms with Crippen LogP contribution >= 0.6 is 0 Å². The molecule has 0 aromatic heterocycles. The molecule has 2 aliphatic rings. The normalized spacial score (nSPS) is 31.1. The number of nitrogens with zero attached hydrogens (tertiary/aromatic N) is 1. The van der Waals surface area contributed by atoms with Crippen LogP contribution in [0.3, 0.4) is 0 Å². The molecule has 3 nitrogen and oxygen atoms in total. The molecule has 0 bridgehead atoms. The van der Waals surface area contributed by atoms with Crippen LogP contribution in [0.1, 0.15) is 46.5 Å². The standard InChI is InChI=1S/C12H21NO2/c1-11(2,3)15-9-12-6-4-8-13(12)10(14)5-7-12/h4-9H2,1-3H3. The molecule has 2 saturated heterocycles. The Morgan fingerprint density at radius 3 is 2.80 bits per heavy atom. The average Bonchev–Trinajstić information content (AvgIpc) is 2.64. The second kappa shape index (κ2) is 3.48. The predicted octanol–water partition coefficient (Wildman–Crippen LogP) is 1.96. The number of fused-ring (bicyclic) bond motifs is 1. The number of ether oxygens (including phenoxy) is 1. The van der Waals surface area contributed by atoms with Gasteiger partial charge in [0.05, 0.1) is 17.7 Å². The Morgan fingerprint density at radius 1 is 1.40 bits per heavy atom. The third-order valence-corrected chi connectivity index (χ3v) is 3.48. The highest BCUT2D eigenvalue weighted by atomic mass is 16.5. The summed E-state index contributed by atoms with van der Waals surface area (Å²) in [5, 5.41) is 0. The topological polar surface area (TPSA) is 29.5 Å². The van der Waals surface area contributed by atoms with Gasteiger partial charge in [0.15, 0.2) is 0 Å². The van der Waals surface area contributed by atoms with Gasteiger partial charge in [0.2, 0.25) is 5.91 Å². The highest BCUT2D eigenvalue weighted by Gasteiger charge is 2.48. The van der Waals surface area contributed by atoms with Crippen LogP contribution in [0.2, 0.25) is 0 Å². The molecular weight excluding hydrogens is 190 g/mol. The van der Waals surface area contributed by atoms with Crippen LogP contribution in [0.4, 0.5) is 0 Å². The molecule has 3 heteroatoms. The number of rotatable bonds is 2. The predicted molar refractivity (Wildman–Crippen MR) is 58.6 cm³/mol. The van der Waals surface area contributed by atoms with Crippen molar-refractivity contribution < 1.29 is 9.53 Å². The summed E-state index contributed by atoms with van der Waals surface area (Å²) < 4.78 is 5.87. The summed E-state index contributed by atoms with van der Waals surface area (Å²) >= 11 is 0. The maximum absolute atomic E-state index is 11.7. The summed E-state index contributed by atoms with van der Waals surface area (Å²) in [5.41, 5.74) is -0.0565. The smallest absolute Gasteiger partial charge is 0.223 e. The number of amides is 1. The lowest BCUT2D eigenvalue weighted by atomic mass is 9.95. The van der Waals surface area contributed by atoms with E-state index in [0.29, 0.717) is 18.9 Å². The molecule has 2 rings (SSSR count). The van der Waals surface area contributed by atoms with Gasteiger partial charge < -0.3 is 9.64 Å². The molecule has 1 amide bonds. The van der Waals surface area contributed by atoms with Crippen LogP contribution < -0.4 is 0 Å². The molecule has 2 aliphatic heterocycles. The Hall–Kier alpha value is -0.570. The van der Waals surface area contributed by atoms with Crippen LogP contribution in [0.15, 0.2) is 0 Å². The van der Waals surface area contributed by atoms with E-state index >= 15 is 0 Å². The van der Waals surface area contributed by atoms with Gasteiger partial charge in [-0.05, 0) is 40.0 Å². The zero-order valence-electron chi connectivity index (χ0n) is 10.0. The maximum atomic E-state index is 11.7. The summed E-state index contributed by atoms with van der Waals surface area (Å²) in [4.78, 5) is 13.7. The first-order chi connectivity index (χ1) is 6.93. The average molecular weight is 211 g/mol. The second-order valence-electron chi connectivity index (χ2n) is 5.77. The lowest BCUT2D eigenvalue weighted by Gasteiger charge is -2.34. The highest BCUT2D eigenvalue weighted by molar-refractivity contribution is 5.80. The minimum Gasteiger partial charge on any atom is -0.373 e. The molecule has 0 aromatic rings. The van der Waals surface area contributed by atoms with Gasteiger partial charge in [-0.15, -0.1) is 0 Å². The Morgan fingerprint density at radius 2 is 2.13 bits per heavy atom. The molecule has 1 unspecified atom stereocenters. The fourth-order valence-corrected chi connectivity index (χ4v) is 2.64. The monoisotopic (exact) mass is 211 g/mol. The summed E-state index contributed by atoms with van der Waals surface area (Å²) in [5.74, 6) is 0.324. The minimum absolute atomic E-state index is 0.0460. The fraction of sp³-hybridized carbons (Fsp3) is 0.917. The number of carbonyl (C=O) groups excluding carboxylic acids is 1. The van der Waals surface area contributed by atoms with Crippen molar-refractivity contribution in [3.8, 4) is 0 Å². The largest absolute Gasteiger partial charge is 0.373 e. The first kappa shape index (κ1) is 10.9. The molecule has 15 heavy (non-hydrogen) atoms. The van der Waals surface area contributed by atoms with E-state index in [1.807, 2.05) is 0 Å². The van der Waals surface area contributed by atoms with Crippen molar-refractivity contribution in [2.24, 2.45) is 0 Å².